The van der Waals surface area contributed by atoms with Crippen molar-refractivity contribution in [3.05, 3.63) is 113 Å². The third-order valence-electron chi connectivity index (χ3n) is 9.18. The summed E-state index contributed by atoms with van der Waals surface area (Å²) in [5.74, 6) is -0.0358. The average Bonchev–Trinajstić information content (AvgIpc) is 3.67. The third kappa shape index (κ3) is 6.00. The van der Waals surface area contributed by atoms with Gasteiger partial charge in [-0.15, -0.1) is 0 Å². The Morgan fingerprint density at radius 3 is 2.37 bits per heavy atom. The molecule has 0 aromatic heterocycles. The molecular weight excluding hydrogens is 666 g/mol. The number of benzene rings is 4. The SMILES string of the molecule is COc1ccc(S(=O)(=O)N2C(=O)C(c3ccccc3OCc3ccccc3)(N3CCC[C@H]3CC(=O)N(C)C)c3cc(Cl)ccc32)c(OC)c1. The maximum atomic E-state index is 15.6. The highest BCUT2D eigenvalue weighted by atomic mass is 35.5. The number of hydrogen-bond donors (Lipinski definition) is 0. The summed E-state index contributed by atoms with van der Waals surface area (Å²) in [5.41, 5.74) is 0.159. The molecule has 2 amide bonds. The largest absolute Gasteiger partial charge is 0.497 e. The number of carbonyl (C=O) groups excluding carboxylic acids is 2. The van der Waals surface area contributed by atoms with E-state index >= 15 is 4.79 Å². The fourth-order valence-electron chi connectivity index (χ4n) is 6.86. The number of halogens is 1. The lowest BCUT2D eigenvalue weighted by Crippen LogP contribution is -2.57. The first-order valence-corrected chi connectivity index (χ1v) is 17.7. The number of likely N-dealkylation sites (tertiary alicyclic amines) is 1. The Morgan fingerprint density at radius 2 is 1.65 bits per heavy atom. The molecule has 1 saturated heterocycles. The maximum Gasteiger partial charge on any atom is 0.274 e. The lowest BCUT2D eigenvalue weighted by molar-refractivity contribution is -0.133. The van der Waals surface area contributed by atoms with Gasteiger partial charge in [0.05, 0.1) is 19.9 Å². The van der Waals surface area contributed by atoms with Gasteiger partial charge in [0, 0.05) is 55.3 Å². The monoisotopic (exact) mass is 703 g/mol. The van der Waals surface area contributed by atoms with Crippen LogP contribution in [0, 0.1) is 0 Å². The zero-order valence-electron chi connectivity index (χ0n) is 27.8. The molecule has 4 aromatic carbocycles. The molecule has 4 aromatic rings. The van der Waals surface area contributed by atoms with Gasteiger partial charge >= 0.3 is 0 Å². The van der Waals surface area contributed by atoms with Crippen molar-refractivity contribution in [1.82, 2.24) is 9.80 Å². The van der Waals surface area contributed by atoms with Crippen LogP contribution in [-0.4, -0.2) is 70.9 Å². The summed E-state index contributed by atoms with van der Waals surface area (Å²) in [6.07, 6.45) is 1.43. The number of carbonyl (C=O) groups is 2. The standard InChI is InChI=1S/C37H38ClN3O7S/c1-39(2)35(42)22-27-13-10-20-40(27)37(29-14-8-9-15-32(29)48-24-25-11-6-5-7-12-25)30-21-26(38)16-18-31(30)41(36(37)43)49(44,45)34-19-17-28(46-3)23-33(34)47-4/h5-9,11-12,14-19,21,23,27H,10,13,20,22,24H2,1-4H3/t27-,37?/m0/s1. The van der Waals surface area contributed by atoms with Crippen LogP contribution in [0.2, 0.25) is 5.02 Å². The second-order valence-electron chi connectivity index (χ2n) is 12.2. The molecule has 6 rings (SSSR count). The Balaban J connectivity index is 1.60. The smallest absolute Gasteiger partial charge is 0.274 e. The predicted molar refractivity (Wildman–Crippen MR) is 187 cm³/mol. The van der Waals surface area contributed by atoms with E-state index < -0.39 is 27.5 Å². The van der Waals surface area contributed by atoms with Crippen LogP contribution in [0.1, 0.15) is 36.0 Å². The molecule has 2 atom stereocenters. The minimum Gasteiger partial charge on any atom is -0.497 e. The Kier molecular flexibility index (Phi) is 9.61. The number of fused-ring (bicyclic) bond motifs is 1. The van der Waals surface area contributed by atoms with Gasteiger partial charge in [-0.3, -0.25) is 14.5 Å². The van der Waals surface area contributed by atoms with E-state index in [2.05, 4.69) is 0 Å². The van der Waals surface area contributed by atoms with Gasteiger partial charge in [0.15, 0.2) is 5.54 Å². The molecule has 0 radical (unpaired) electrons. The molecule has 12 heteroatoms. The van der Waals surface area contributed by atoms with Crippen molar-refractivity contribution in [3.8, 4) is 17.2 Å². The van der Waals surface area contributed by atoms with E-state index in [-0.39, 0.29) is 35.3 Å². The van der Waals surface area contributed by atoms with Crippen molar-refractivity contribution in [2.24, 2.45) is 0 Å². The van der Waals surface area contributed by atoms with Crippen LogP contribution < -0.4 is 18.5 Å². The zero-order chi connectivity index (χ0) is 34.9. The number of rotatable bonds is 11. The molecule has 10 nitrogen and oxygen atoms in total. The molecule has 2 aliphatic heterocycles. The van der Waals surface area contributed by atoms with Crippen molar-refractivity contribution in [2.45, 2.75) is 42.3 Å². The summed E-state index contributed by atoms with van der Waals surface area (Å²) >= 11 is 6.67. The highest BCUT2D eigenvalue weighted by molar-refractivity contribution is 7.93. The fourth-order valence-corrected chi connectivity index (χ4v) is 8.64. The summed E-state index contributed by atoms with van der Waals surface area (Å²) in [5, 5.41) is 0.319. The topological polar surface area (TPSA) is 106 Å². The minimum absolute atomic E-state index is 0.0161. The molecule has 49 heavy (non-hydrogen) atoms. The van der Waals surface area contributed by atoms with Crippen LogP contribution in [-0.2, 0) is 31.8 Å². The summed E-state index contributed by atoms with van der Waals surface area (Å²) in [6.45, 7) is 0.619. The molecule has 0 saturated carbocycles. The normalized spacial score (nSPS) is 19.1. The molecule has 1 fully saturated rings. The van der Waals surface area contributed by atoms with Crippen LogP contribution in [0.15, 0.2) is 95.9 Å². The number of methoxy groups -OCH3 is 2. The second-order valence-corrected chi connectivity index (χ2v) is 14.4. The van der Waals surface area contributed by atoms with E-state index in [0.29, 0.717) is 47.0 Å². The minimum atomic E-state index is -4.60. The van der Waals surface area contributed by atoms with Crippen molar-refractivity contribution >= 4 is 39.1 Å². The summed E-state index contributed by atoms with van der Waals surface area (Å²) in [4.78, 5) is 32.0. The second kappa shape index (κ2) is 13.7. The molecular formula is C37H38ClN3O7S. The van der Waals surface area contributed by atoms with Gasteiger partial charge in [0.25, 0.3) is 15.9 Å². The van der Waals surface area contributed by atoms with Crippen LogP contribution in [0.5, 0.6) is 17.2 Å². The predicted octanol–water partition coefficient (Wildman–Crippen LogP) is 5.86. The average molecular weight is 704 g/mol. The number of ether oxygens (including phenoxy) is 3. The quantitative estimate of drug-likeness (QED) is 0.191. The number of sulfonamides is 1. The summed E-state index contributed by atoms with van der Waals surface area (Å²) in [7, 11) is 1.61. The molecule has 2 heterocycles. The van der Waals surface area contributed by atoms with E-state index in [1.807, 2.05) is 41.3 Å². The highest BCUT2D eigenvalue weighted by Crippen LogP contribution is 2.55. The van der Waals surface area contributed by atoms with Crippen LogP contribution >= 0.6 is 11.6 Å². The molecule has 2 aliphatic rings. The Morgan fingerprint density at radius 1 is 0.918 bits per heavy atom. The zero-order valence-corrected chi connectivity index (χ0v) is 29.3. The fraction of sp³-hybridized carbons (Fsp3) is 0.297. The Labute approximate surface area is 291 Å². The van der Waals surface area contributed by atoms with Gasteiger partial charge in [-0.1, -0.05) is 60.1 Å². The van der Waals surface area contributed by atoms with Crippen molar-refractivity contribution in [2.75, 3.05) is 39.2 Å². The number of anilines is 1. The van der Waals surface area contributed by atoms with Gasteiger partial charge in [-0.2, -0.15) is 0 Å². The van der Waals surface area contributed by atoms with E-state index in [1.54, 1.807) is 50.5 Å². The lowest BCUT2D eigenvalue weighted by Gasteiger charge is -2.42. The molecule has 0 N–H and O–H groups in total. The summed E-state index contributed by atoms with van der Waals surface area (Å²) < 4.78 is 47.7. The van der Waals surface area contributed by atoms with Gasteiger partial charge in [-0.05, 0) is 54.8 Å². The Bertz CT molecular complexity index is 1990. The molecule has 0 aliphatic carbocycles. The van der Waals surface area contributed by atoms with Gasteiger partial charge < -0.3 is 19.1 Å². The van der Waals surface area contributed by atoms with Gasteiger partial charge in [0.2, 0.25) is 5.91 Å². The van der Waals surface area contributed by atoms with Gasteiger partial charge in [-0.25, -0.2) is 12.7 Å². The van der Waals surface area contributed by atoms with E-state index in [4.69, 9.17) is 25.8 Å². The van der Waals surface area contributed by atoms with E-state index in [9.17, 15) is 13.2 Å². The van der Waals surface area contributed by atoms with Crippen molar-refractivity contribution < 1.29 is 32.2 Å². The van der Waals surface area contributed by atoms with E-state index in [1.165, 1.54) is 37.3 Å². The van der Waals surface area contributed by atoms with Crippen LogP contribution in [0.25, 0.3) is 0 Å². The number of amides is 2. The lowest BCUT2D eigenvalue weighted by atomic mass is 9.80. The van der Waals surface area contributed by atoms with Crippen LogP contribution in [0.4, 0.5) is 5.69 Å². The molecule has 256 valence electrons. The van der Waals surface area contributed by atoms with E-state index in [0.717, 1.165) is 9.87 Å². The first-order chi connectivity index (χ1) is 23.5. The molecule has 0 spiro atoms. The van der Waals surface area contributed by atoms with Gasteiger partial charge in [0.1, 0.15) is 28.8 Å². The third-order valence-corrected chi connectivity index (χ3v) is 11.2. The van der Waals surface area contributed by atoms with Crippen molar-refractivity contribution in [1.29, 1.82) is 0 Å². The highest BCUT2D eigenvalue weighted by Gasteiger charge is 2.62. The summed E-state index contributed by atoms with van der Waals surface area (Å²) in [6, 6.07) is 25.5. The van der Waals surface area contributed by atoms with Crippen molar-refractivity contribution in [3.63, 3.8) is 0 Å². The number of hydrogen-bond acceptors (Lipinski definition) is 8. The molecule has 1 unspecified atom stereocenters. The first kappa shape index (κ1) is 34.3. The number of nitrogens with zero attached hydrogens (tertiary/aromatic N) is 3. The number of para-hydroxylation sites is 1. The van der Waals surface area contributed by atoms with Crippen LogP contribution in [0.3, 0.4) is 0 Å². The first-order valence-electron chi connectivity index (χ1n) is 15.9. The Hall–Kier alpha value is -4.58. The molecule has 0 bridgehead atoms. The maximum absolute atomic E-state index is 15.6.